The first-order valence-electron chi connectivity index (χ1n) is 9.24. The number of anilines is 2. The fraction of sp³-hybridized carbons (Fsp3) is 0.286. The predicted octanol–water partition coefficient (Wildman–Crippen LogP) is 4.31. The van der Waals surface area contributed by atoms with E-state index in [1.807, 2.05) is 26.0 Å². The third-order valence-corrected chi connectivity index (χ3v) is 5.79. The Labute approximate surface area is 180 Å². The van der Waals surface area contributed by atoms with Crippen molar-refractivity contribution in [2.75, 3.05) is 17.2 Å². The molecule has 1 aliphatic heterocycles. The number of esters is 1. The summed E-state index contributed by atoms with van der Waals surface area (Å²) >= 11 is 0.972. The zero-order valence-corrected chi connectivity index (χ0v) is 17.4. The largest absolute Gasteiger partial charge is 0.456 e. The summed E-state index contributed by atoms with van der Waals surface area (Å²) in [6.07, 6.45) is -4.85. The maximum Gasteiger partial charge on any atom is 0.416 e. The van der Waals surface area contributed by atoms with Gasteiger partial charge in [0.05, 0.1) is 22.9 Å². The Hall–Kier alpha value is -3.01. The molecule has 1 unspecified atom stereocenters. The van der Waals surface area contributed by atoms with Gasteiger partial charge in [0.25, 0.3) is 5.91 Å². The van der Waals surface area contributed by atoms with Gasteiger partial charge in [0.15, 0.2) is 6.61 Å². The number of benzene rings is 2. The van der Waals surface area contributed by atoms with E-state index in [2.05, 4.69) is 10.6 Å². The summed E-state index contributed by atoms with van der Waals surface area (Å²) in [5.74, 6) is -1.89. The maximum absolute atomic E-state index is 12.8. The fourth-order valence-corrected chi connectivity index (χ4v) is 3.95. The summed E-state index contributed by atoms with van der Waals surface area (Å²) in [6, 6.07) is 8.56. The molecular weight excluding hydrogens is 433 g/mol. The van der Waals surface area contributed by atoms with Crippen LogP contribution in [0.2, 0.25) is 0 Å². The van der Waals surface area contributed by atoms with E-state index in [-0.39, 0.29) is 12.1 Å². The lowest BCUT2D eigenvalue weighted by Gasteiger charge is -2.24. The van der Waals surface area contributed by atoms with Crippen molar-refractivity contribution < 1.29 is 32.3 Å². The minimum absolute atomic E-state index is 0.0438. The van der Waals surface area contributed by atoms with Crippen LogP contribution in [0.15, 0.2) is 41.3 Å². The number of hydrogen-bond acceptors (Lipinski definition) is 5. The first kappa shape index (κ1) is 22.7. The van der Waals surface area contributed by atoms with Gasteiger partial charge in [-0.2, -0.15) is 13.2 Å². The van der Waals surface area contributed by atoms with Gasteiger partial charge in [-0.25, -0.2) is 0 Å². The molecular formula is C21H19F3N2O4S. The van der Waals surface area contributed by atoms with E-state index in [4.69, 9.17) is 4.74 Å². The summed E-state index contributed by atoms with van der Waals surface area (Å²) in [5.41, 5.74) is 1.59. The number of aryl methyl sites for hydroxylation is 2. The van der Waals surface area contributed by atoms with Gasteiger partial charge in [-0.05, 0) is 49.2 Å². The van der Waals surface area contributed by atoms with Crippen molar-refractivity contribution in [2.24, 2.45) is 0 Å². The number of alkyl halides is 3. The molecule has 0 fully saturated rings. The standard InChI is InChI=1S/C21H19F3N2O4S/c1-11-3-4-12(2)14(7-11)25-18(27)10-30-19(28)9-17-20(29)26-15-8-13(21(22,23)24)5-6-16(15)31-17/h3-8,17H,9-10H2,1-2H3,(H,25,27)(H,26,29). The second-order valence-corrected chi connectivity index (χ2v) is 8.28. The van der Waals surface area contributed by atoms with Crippen LogP contribution < -0.4 is 10.6 Å². The molecule has 3 rings (SSSR count). The molecule has 1 aliphatic rings. The summed E-state index contributed by atoms with van der Waals surface area (Å²) < 4.78 is 43.4. The molecule has 0 saturated carbocycles. The van der Waals surface area contributed by atoms with Crippen LogP contribution in [0.3, 0.4) is 0 Å². The van der Waals surface area contributed by atoms with Crippen LogP contribution in [0.5, 0.6) is 0 Å². The number of halogens is 3. The van der Waals surface area contributed by atoms with Gasteiger partial charge in [0, 0.05) is 10.6 Å². The highest BCUT2D eigenvalue weighted by atomic mass is 32.2. The monoisotopic (exact) mass is 452 g/mol. The van der Waals surface area contributed by atoms with Gasteiger partial charge >= 0.3 is 12.1 Å². The van der Waals surface area contributed by atoms with Crippen LogP contribution in [0.4, 0.5) is 24.5 Å². The minimum Gasteiger partial charge on any atom is -0.456 e. The Kier molecular flexibility index (Phi) is 6.59. The number of amides is 2. The molecule has 0 saturated heterocycles. The van der Waals surface area contributed by atoms with Crippen LogP contribution in [-0.2, 0) is 25.3 Å². The van der Waals surface area contributed by atoms with E-state index < -0.39 is 41.4 Å². The molecule has 0 spiro atoms. The normalized spacial score (nSPS) is 15.6. The number of ether oxygens (including phenoxy) is 1. The lowest BCUT2D eigenvalue weighted by Crippen LogP contribution is -2.32. The smallest absolute Gasteiger partial charge is 0.416 e. The highest BCUT2D eigenvalue weighted by Crippen LogP contribution is 2.40. The third-order valence-electron chi connectivity index (χ3n) is 4.51. The Morgan fingerprint density at radius 1 is 1.16 bits per heavy atom. The molecule has 2 N–H and O–H groups in total. The molecule has 2 aromatic rings. The number of carbonyl (C=O) groups excluding carboxylic acids is 3. The maximum atomic E-state index is 12.8. The van der Waals surface area contributed by atoms with E-state index in [1.54, 1.807) is 6.07 Å². The Morgan fingerprint density at radius 3 is 2.61 bits per heavy atom. The first-order chi connectivity index (χ1) is 14.5. The number of fused-ring (bicyclic) bond motifs is 1. The SMILES string of the molecule is Cc1ccc(C)c(NC(=O)COC(=O)CC2Sc3ccc(C(F)(F)F)cc3NC2=O)c1. The van der Waals surface area contributed by atoms with E-state index in [0.29, 0.717) is 10.6 Å². The van der Waals surface area contributed by atoms with Crippen molar-refractivity contribution in [3.05, 3.63) is 53.1 Å². The molecule has 2 aromatic carbocycles. The summed E-state index contributed by atoms with van der Waals surface area (Å²) in [7, 11) is 0. The number of rotatable bonds is 5. The fourth-order valence-electron chi connectivity index (χ4n) is 2.87. The molecule has 0 radical (unpaired) electrons. The molecule has 1 atom stereocenters. The summed E-state index contributed by atoms with van der Waals surface area (Å²) in [4.78, 5) is 36.8. The van der Waals surface area contributed by atoms with Crippen LogP contribution in [0, 0.1) is 13.8 Å². The second-order valence-electron chi connectivity index (χ2n) is 7.04. The van der Waals surface area contributed by atoms with E-state index >= 15 is 0 Å². The van der Waals surface area contributed by atoms with Gasteiger partial charge < -0.3 is 15.4 Å². The van der Waals surface area contributed by atoms with Crippen molar-refractivity contribution in [3.8, 4) is 0 Å². The average molecular weight is 452 g/mol. The van der Waals surface area contributed by atoms with Crippen molar-refractivity contribution in [3.63, 3.8) is 0 Å². The van der Waals surface area contributed by atoms with Gasteiger partial charge in [0.2, 0.25) is 5.91 Å². The quantitative estimate of drug-likeness (QED) is 0.661. The molecule has 31 heavy (non-hydrogen) atoms. The Morgan fingerprint density at radius 2 is 1.90 bits per heavy atom. The van der Waals surface area contributed by atoms with Crippen molar-refractivity contribution in [1.82, 2.24) is 0 Å². The molecule has 164 valence electrons. The Balaban J connectivity index is 1.54. The number of thioether (sulfide) groups is 1. The van der Waals surface area contributed by atoms with Crippen molar-refractivity contribution in [1.29, 1.82) is 0 Å². The van der Waals surface area contributed by atoms with Crippen LogP contribution in [0.1, 0.15) is 23.1 Å². The van der Waals surface area contributed by atoms with Gasteiger partial charge in [-0.15, -0.1) is 11.8 Å². The van der Waals surface area contributed by atoms with Crippen molar-refractivity contribution in [2.45, 2.75) is 36.6 Å². The number of nitrogens with one attached hydrogen (secondary N) is 2. The van der Waals surface area contributed by atoms with Gasteiger partial charge in [-0.1, -0.05) is 12.1 Å². The molecule has 0 aliphatic carbocycles. The molecule has 0 bridgehead atoms. The van der Waals surface area contributed by atoms with Crippen LogP contribution in [0.25, 0.3) is 0 Å². The summed E-state index contributed by atoms with van der Waals surface area (Å²) in [6.45, 7) is 3.19. The van der Waals surface area contributed by atoms with Crippen LogP contribution >= 0.6 is 11.8 Å². The average Bonchev–Trinajstić information content (AvgIpc) is 2.68. The van der Waals surface area contributed by atoms with E-state index in [0.717, 1.165) is 35.0 Å². The zero-order valence-electron chi connectivity index (χ0n) is 16.6. The molecule has 6 nitrogen and oxygen atoms in total. The highest BCUT2D eigenvalue weighted by molar-refractivity contribution is 8.01. The lowest BCUT2D eigenvalue weighted by atomic mass is 10.1. The molecule has 2 amide bonds. The predicted molar refractivity (Wildman–Crippen MR) is 110 cm³/mol. The number of hydrogen-bond donors (Lipinski definition) is 2. The molecule has 0 aromatic heterocycles. The molecule has 1 heterocycles. The number of carbonyl (C=O) groups is 3. The van der Waals surface area contributed by atoms with E-state index in [9.17, 15) is 27.6 Å². The third kappa shape index (κ3) is 5.78. The Bertz CT molecular complexity index is 1040. The zero-order chi connectivity index (χ0) is 22.8. The minimum atomic E-state index is -4.53. The van der Waals surface area contributed by atoms with Gasteiger partial charge in [0.1, 0.15) is 0 Å². The van der Waals surface area contributed by atoms with Crippen molar-refractivity contribution >= 4 is 40.9 Å². The second kappa shape index (κ2) is 9.01. The van der Waals surface area contributed by atoms with Crippen LogP contribution in [-0.4, -0.2) is 29.6 Å². The summed E-state index contributed by atoms with van der Waals surface area (Å²) in [5, 5.41) is 4.17. The first-order valence-corrected chi connectivity index (χ1v) is 10.1. The topological polar surface area (TPSA) is 84.5 Å². The molecule has 10 heteroatoms. The lowest BCUT2D eigenvalue weighted by molar-refractivity contribution is -0.147. The highest BCUT2D eigenvalue weighted by Gasteiger charge is 2.34. The van der Waals surface area contributed by atoms with Gasteiger partial charge in [-0.3, -0.25) is 14.4 Å². The van der Waals surface area contributed by atoms with E-state index in [1.165, 1.54) is 6.07 Å².